The van der Waals surface area contributed by atoms with E-state index in [4.69, 9.17) is 21.1 Å². The number of carboxylic acid groups (broad SMARTS) is 1. The Hall–Kier alpha value is -3.85. The van der Waals surface area contributed by atoms with Crippen molar-refractivity contribution in [1.82, 2.24) is 15.2 Å². The highest BCUT2D eigenvalue weighted by atomic mass is 35.5. The summed E-state index contributed by atoms with van der Waals surface area (Å²) in [6, 6.07) is 6.52. The quantitative estimate of drug-likeness (QED) is 0.472. The summed E-state index contributed by atoms with van der Waals surface area (Å²) in [4.78, 5) is 41.5. The minimum absolute atomic E-state index is 0.222. The van der Waals surface area contributed by atoms with Gasteiger partial charge in [0.2, 0.25) is 11.8 Å². The summed E-state index contributed by atoms with van der Waals surface area (Å²) >= 11 is 6.21. The zero-order chi connectivity index (χ0) is 24.4. The van der Waals surface area contributed by atoms with Gasteiger partial charge in [-0.25, -0.2) is 9.78 Å². The van der Waals surface area contributed by atoms with E-state index in [1.54, 1.807) is 25.4 Å². The number of halogens is 1. The van der Waals surface area contributed by atoms with Crippen molar-refractivity contribution in [3.63, 3.8) is 0 Å². The molecule has 1 atom stereocenters. The molecule has 3 heterocycles. The largest absolute Gasteiger partial charge is 0.465 e. The van der Waals surface area contributed by atoms with Crippen LogP contribution in [0.3, 0.4) is 0 Å². The van der Waals surface area contributed by atoms with Gasteiger partial charge in [-0.15, -0.1) is 0 Å². The molecule has 9 nitrogen and oxygen atoms in total. The molecule has 1 aromatic carbocycles. The number of nitrogens with zero attached hydrogens (tertiary/aromatic N) is 2. The highest BCUT2D eigenvalue weighted by Gasteiger charge is 2.25. The van der Waals surface area contributed by atoms with Gasteiger partial charge in [0.25, 0.3) is 0 Å². The van der Waals surface area contributed by atoms with Crippen LogP contribution < -0.4 is 10.6 Å². The minimum Gasteiger partial charge on any atom is -0.465 e. The fraction of sp³-hybridized carbons (Fsp3) is 0.250. The number of nitrogens with one attached hydrogen (secondary N) is 2. The predicted octanol–water partition coefficient (Wildman–Crippen LogP) is 3.98. The number of rotatable bonds is 5. The van der Waals surface area contributed by atoms with Crippen LogP contribution in [0.15, 0.2) is 41.0 Å². The maximum atomic E-state index is 12.7. The van der Waals surface area contributed by atoms with Crippen molar-refractivity contribution < 1.29 is 23.9 Å². The molecule has 1 aliphatic rings. The first-order valence-corrected chi connectivity index (χ1v) is 11.0. The van der Waals surface area contributed by atoms with Crippen molar-refractivity contribution in [2.45, 2.75) is 32.4 Å². The molecule has 176 valence electrons. The molecule has 0 saturated heterocycles. The molecule has 1 unspecified atom stereocenters. The van der Waals surface area contributed by atoms with Gasteiger partial charge in [-0.2, -0.15) is 0 Å². The molecule has 4 rings (SSSR count). The van der Waals surface area contributed by atoms with Gasteiger partial charge in [-0.05, 0) is 49.1 Å². The Balaban J connectivity index is 1.44. The predicted molar refractivity (Wildman–Crippen MR) is 128 cm³/mol. The molecule has 0 fully saturated rings. The molecule has 3 amide bonds. The number of amides is 3. The second kappa shape index (κ2) is 9.56. The van der Waals surface area contributed by atoms with Crippen molar-refractivity contribution in [3.05, 3.63) is 64.0 Å². The molecule has 0 radical (unpaired) electrons. The fourth-order valence-electron chi connectivity index (χ4n) is 3.84. The first-order valence-electron chi connectivity index (χ1n) is 10.6. The van der Waals surface area contributed by atoms with Crippen LogP contribution in [0, 0.1) is 6.92 Å². The van der Waals surface area contributed by atoms with Gasteiger partial charge in [0.1, 0.15) is 17.6 Å². The number of furan rings is 1. The molecule has 10 heteroatoms. The molecule has 0 spiro atoms. The zero-order valence-corrected chi connectivity index (χ0v) is 19.3. The second-order valence-corrected chi connectivity index (χ2v) is 8.51. The van der Waals surface area contributed by atoms with Gasteiger partial charge in [0.15, 0.2) is 5.58 Å². The van der Waals surface area contributed by atoms with Crippen LogP contribution in [0.1, 0.15) is 28.9 Å². The summed E-state index contributed by atoms with van der Waals surface area (Å²) in [6.45, 7) is 2.22. The Labute approximate surface area is 200 Å². The average Bonchev–Trinajstić information content (AvgIpc) is 3.03. The Morgan fingerprint density at radius 1 is 1.41 bits per heavy atom. The normalized spacial score (nSPS) is 15.6. The topological polar surface area (TPSA) is 125 Å². The third-order valence-corrected chi connectivity index (χ3v) is 6.03. The standard InChI is InChI=1S/C24H23ClN4O5/c1-13-16-4-3-5-17(25)21(16)34-19(13)12-29(2)20(30)9-6-14-10-15-7-8-18(27-24(32)33)23(31)28-22(15)26-11-14/h3-6,9-11,18,27H,7-8,12H2,1-2H3,(H,32,33)(H,26,28,31)/b9-6+. The number of carbonyl (C=O) groups excluding carboxylic acids is 2. The van der Waals surface area contributed by atoms with Crippen LogP contribution in [-0.2, 0) is 22.6 Å². The molecule has 0 saturated carbocycles. The Bertz CT molecular complexity index is 1320. The van der Waals surface area contributed by atoms with Gasteiger partial charge in [-0.1, -0.05) is 23.7 Å². The van der Waals surface area contributed by atoms with E-state index < -0.39 is 18.0 Å². The summed E-state index contributed by atoms with van der Waals surface area (Å²) in [7, 11) is 1.68. The summed E-state index contributed by atoms with van der Waals surface area (Å²) in [6.07, 6.45) is 4.13. The molecule has 1 aliphatic heterocycles. The SMILES string of the molecule is Cc1c(CN(C)C(=O)/C=C/c2cnc3c(c2)CCC(NC(=O)O)C(=O)N3)oc2c(Cl)cccc12. The van der Waals surface area contributed by atoms with Crippen LogP contribution >= 0.6 is 11.6 Å². The molecule has 0 bridgehead atoms. The third kappa shape index (κ3) is 4.89. The smallest absolute Gasteiger partial charge is 0.405 e. The van der Waals surface area contributed by atoms with Gasteiger partial charge in [-0.3, -0.25) is 9.59 Å². The number of hydrogen-bond donors (Lipinski definition) is 3. The maximum absolute atomic E-state index is 12.7. The number of likely N-dealkylation sites (N-methyl/N-ethyl adjacent to an activating group) is 1. The lowest BCUT2D eigenvalue weighted by Crippen LogP contribution is -2.42. The monoisotopic (exact) mass is 482 g/mol. The number of para-hydroxylation sites is 1. The first kappa shape index (κ1) is 23.3. The molecule has 34 heavy (non-hydrogen) atoms. The number of pyridine rings is 1. The van der Waals surface area contributed by atoms with E-state index in [-0.39, 0.29) is 12.5 Å². The van der Waals surface area contributed by atoms with Gasteiger partial charge in [0.05, 0.1) is 11.6 Å². The molecule has 3 N–H and O–H groups in total. The zero-order valence-electron chi connectivity index (χ0n) is 18.6. The number of aromatic nitrogens is 1. The average molecular weight is 483 g/mol. The third-order valence-electron chi connectivity index (χ3n) is 5.74. The molecular weight excluding hydrogens is 460 g/mol. The first-order chi connectivity index (χ1) is 16.2. The van der Waals surface area contributed by atoms with Crippen LogP contribution in [-0.4, -0.2) is 46.0 Å². The van der Waals surface area contributed by atoms with Gasteiger partial charge in [0, 0.05) is 30.3 Å². The lowest BCUT2D eigenvalue weighted by molar-refractivity contribution is -0.125. The van der Waals surface area contributed by atoms with Crippen LogP contribution in [0.25, 0.3) is 17.0 Å². The van der Waals surface area contributed by atoms with E-state index in [9.17, 15) is 14.4 Å². The van der Waals surface area contributed by atoms with Gasteiger partial charge >= 0.3 is 6.09 Å². The minimum atomic E-state index is -1.26. The summed E-state index contributed by atoms with van der Waals surface area (Å²) in [5.41, 5.74) is 3.00. The number of fused-ring (bicyclic) bond motifs is 2. The van der Waals surface area contributed by atoms with E-state index in [1.165, 1.54) is 11.0 Å². The fourth-order valence-corrected chi connectivity index (χ4v) is 4.05. The number of aryl methyl sites for hydroxylation is 2. The van der Waals surface area contributed by atoms with Crippen molar-refractivity contribution >= 4 is 52.4 Å². The Morgan fingerprint density at radius 3 is 2.94 bits per heavy atom. The number of hydrogen-bond acceptors (Lipinski definition) is 5. The maximum Gasteiger partial charge on any atom is 0.405 e. The highest BCUT2D eigenvalue weighted by Crippen LogP contribution is 2.31. The summed E-state index contributed by atoms with van der Waals surface area (Å²) < 4.78 is 5.89. The van der Waals surface area contributed by atoms with Crippen molar-refractivity contribution in [2.24, 2.45) is 0 Å². The summed E-state index contributed by atoms with van der Waals surface area (Å²) in [5, 5.41) is 15.2. The number of anilines is 1. The Morgan fingerprint density at radius 2 is 2.21 bits per heavy atom. The molecule has 2 aromatic heterocycles. The number of benzene rings is 1. The highest BCUT2D eigenvalue weighted by molar-refractivity contribution is 6.34. The van der Waals surface area contributed by atoms with E-state index >= 15 is 0 Å². The Kier molecular flexibility index (Phi) is 6.56. The molecule has 3 aromatic rings. The summed E-state index contributed by atoms with van der Waals surface area (Å²) in [5.74, 6) is 0.384. The van der Waals surface area contributed by atoms with E-state index in [2.05, 4.69) is 15.6 Å². The van der Waals surface area contributed by atoms with Crippen LogP contribution in [0.4, 0.5) is 10.6 Å². The van der Waals surface area contributed by atoms with E-state index in [0.717, 1.165) is 16.5 Å². The van der Waals surface area contributed by atoms with Crippen molar-refractivity contribution in [3.8, 4) is 0 Å². The van der Waals surface area contributed by atoms with Crippen molar-refractivity contribution in [2.75, 3.05) is 12.4 Å². The van der Waals surface area contributed by atoms with Crippen LogP contribution in [0.2, 0.25) is 5.02 Å². The van der Waals surface area contributed by atoms with E-state index in [1.807, 2.05) is 25.1 Å². The lowest BCUT2D eigenvalue weighted by Gasteiger charge is -2.14. The second-order valence-electron chi connectivity index (χ2n) is 8.10. The van der Waals surface area contributed by atoms with Gasteiger partial charge < -0.3 is 25.1 Å². The molecule has 0 aliphatic carbocycles. The van der Waals surface area contributed by atoms with Crippen LogP contribution in [0.5, 0.6) is 0 Å². The van der Waals surface area contributed by atoms with Crippen molar-refractivity contribution in [1.29, 1.82) is 0 Å². The van der Waals surface area contributed by atoms with E-state index in [0.29, 0.717) is 40.6 Å². The lowest BCUT2D eigenvalue weighted by atomic mass is 10.1. The molecular formula is C24H23ClN4O5. The number of carbonyl (C=O) groups is 3.